The van der Waals surface area contributed by atoms with E-state index in [-0.39, 0.29) is 22.7 Å². The molecule has 0 radical (unpaired) electrons. The van der Waals surface area contributed by atoms with E-state index in [0.29, 0.717) is 11.4 Å². The number of fused-ring (bicyclic) bond motifs is 1. The zero-order chi connectivity index (χ0) is 27.2. The van der Waals surface area contributed by atoms with Crippen LogP contribution in [0.25, 0.3) is 22.4 Å². The van der Waals surface area contributed by atoms with Gasteiger partial charge in [-0.25, -0.2) is 4.98 Å². The second-order valence-electron chi connectivity index (χ2n) is 8.42. The zero-order valence-electron chi connectivity index (χ0n) is 20.6. The summed E-state index contributed by atoms with van der Waals surface area (Å²) in [6, 6.07) is 24.9. The van der Waals surface area contributed by atoms with E-state index < -0.39 is 0 Å². The van der Waals surface area contributed by atoms with Crippen molar-refractivity contribution in [2.24, 2.45) is 0 Å². The number of pyridine rings is 1. The fourth-order valence-electron chi connectivity index (χ4n) is 3.75. The number of imidazole rings is 1. The SMILES string of the molecule is Nc1ccc(-n2ccc(=O)cc2)cc1.O=C(Nc1ccc(-n2ccncc2=O)cc1)c1nc2ccccc2[nH]1. The Hall–Kier alpha value is -5.77. The summed E-state index contributed by atoms with van der Waals surface area (Å²) in [5.74, 6) is -0.0827. The highest BCUT2D eigenvalue weighted by Crippen LogP contribution is 2.15. The highest BCUT2D eigenvalue weighted by molar-refractivity contribution is 6.03. The third kappa shape index (κ3) is 5.97. The van der Waals surface area contributed by atoms with E-state index in [1.165, 1.54) is 22.9 Å². The molecule has 10 heteroatoms. The lowest BCUT2D eigenvalue weighted by molar-refractivity contribution is 0.101. The summed E-state index contributed by atoms with van der Waals surface area (Å²) in [6.07, 6.45) is 7.84. The van der Waals surface area contributed by atoms with Crippen LogP contribution in [-0.4, -0.2) is 30.0 Å². The lowest BCUT2D eigenvalue weighted by atomic mass is 10.2. The number of aromatic amines is 1. The van der Waals surface area contributed by atoms with Gasteiger partial charge in [0.2, 0.25) is 0 Å². The summed E-state index contributed by atoms with van der Waals surface area (Å²) in [5.41, 5.74) is 9.91. The number of rotatable bonds is 4. The van der Waals surface area contributed by atoms with Gasteiger partial charge in [0.15, 0.2) is 11.3 Å². The van der Waals surface area contributed by atoms with Gasteiger partial charge in [0, 0.05) is 59.7 Å². The fraction of sp³-hybridized carbons (Fsp3) is 0. The number of carbonyl (C=O) groups is 1. The van der Waals surface area contributed by atoms with Crippen LogP contribution in [0.5, 0.6) is 0 Å². The van der Waals surface area contributed by atoms with Crippen molar-refractivity contribution in [3.63, 3.8) is 0 Å². The van der Waals surface area contributed by atoms with Gasteiger partial charge in [-0.05, 0) is 60.7 Å². The summed E-state index contributed by atoms with van der Waals surface area (Å²) in [6.45, 7) is 0. The van der Waals surface area contributed by atoms with Crippen molar-refractivity contribution in [1.29, 1.82) is 0 Å². The molecule has 3 aromatic heterocycles. The Morgan fingerprint density at radius 1 is 0.821 bits per heavy atom. The van der Waals surface area contributed by atoms with Crippen molar-refractivity contribution in [3.05, 3.63) is 142 Å². The average molecular weight is 518 g/mol. The topological polar surface area (TPSA) is 141 Å². The summed E-state index contributed by atoms with van der Waals surface area (Å²) < 4.78 is 3.33. The molecule has 0 spiro atoms. The van der Waals surface area contributed by atoms with Gasteiger partial charge < -0.3 is 20.6 Å². The van der Waals surface area contributed by atoms with Gasteiger partial charge in [-0.2, -0.15) is 0 Å². The normalized spacial score (nSPS) is 10.5. The van der Waals surface area contributed by atoms with E-state index in [1.807, 2.05) is 53.1 Å². The van der Waals surface area contributed by atoms with Crippen LogP contribution in [0.4, 0.5) is 11.4 Å². The van der Waals surface area contributed by atoms with Gasteiger partial charge >= 0.3 is 0 Å². The van der Waals surface area contributed by atoms with Crippen LogP contribution in [0.3, 0.4) is 0 Å². The summed E-state index contributed by atoms with van der Waals surface area (Å²) in [5, 5.41) is 2.78. The average Bonchev–Trinajstić information content (AvgIpc) is 3.40. The standard InChI is InChI=1S/C18H13N5O2.C11H10N2O/c24-16-11-19-9-10-23(16)13-7-5-12(6-8-13)20-18(25)17-21-14-3-1-2-4-15(14)22-17;12-9-1-3-10(4-2-9)13-7-5-11(14)6-8-13/h1-11H,(H,20,25)(H,21,22);1-8H,12H2. The number of benzene rings is 3. The Labute approximate surface area is 222 Å². The van der Waals surface area contributed by atoms with Crippen molar-refractivity contribution >= 4 is 28.3 Å². The van der Waals surface area contributed by atoms with Crippen molar-refractivity contribution < 1.29 is 4.79 Å². The van der Waals surface area contributed by atoms with E-state index in [0.717, 1.165) is 22.4 Å². The van der Waals surface area contributed by atoms with Gasteiger partial charge in [-0.15, -0.1) is 0 Å². The molecule has 4 N–H and O–H groups in total. The monoisotopic (exact) mass is 517 g/mol. The van der Waals surface area contributed by atoms with Crippen LogP contribution in [-0.2, 0) is 0 Å². The fourth-order valence-corrected chi connectivity index (χ4v) is 3.75. The van der Waals surface area contributed by atoms with Gasteiger partial charge in [-0.3, -0.25) is 23.9 Å². The maximum absolute atomic E-state index is 12.3. The predicted octanol–water partition coefficient (Wildman–Crippen LogP) is 3.78. The summed E-state index contributed by atoms with van der Waals surface area (Å²) >= 11 is 0. The maximum Gasteiger partial charge on any atom is 0.291 e. The van der Waals surface area contributed by atoms with Gasteiger partial charge in [0.1, 0.15) is 0 Å². The third-order valence-corrected chi connectivity index (χ3v) is 5.72. The molecular weight excluding hydrogens is 494 g/mol. The number of amides is 1. The number of aromatic nitrogens is 5. The molecular formula is C29H23N7O3. The highest BCUT2D eigenvalue weighted by atomic mass is 16.2. The van der Waals surface area contributed by atoms with Crippen LogP contribution in [0.1, 0.15) is 10.6 Å². The number of hydrogen-bond acceptors (Lipinski definition) is 6. The molecule has 3 aromatic carbocycles. The molecule has 6 aromatic rings. The molecule has 0 aliphatic rings. The minimum atomic E-state index is -0.329. The number of anilines is 2. The molecule has 1 amide bonds. The quantitative estimate of drug-likeness (QED) is 0.304. The van der Waals surface area contributed by atoms with Crippen LogP contribution in [0.15, 0.2) is 126 Å². The molecule has 39 heavy (non-hydrogen) atoms. The second-order valence-corrected chi connectivity index (χ2v) is 8.42. The van der Waals surface area contributed by atoms with Crippen molar-refractivity contribution in [2.75, 3.05) is 11.1 Å². The molecule has 192 valence electrons. The molecule has 10 nitrogen and oxygen atoms in total. The molecule has 0 saturated carbocycles. The molecule has 3 heterocycles. The molecule has 0 aliphatic carbocycles. The van der Waals surface area contributed by atoms with Gasteiger partial charge in [-0.1, -0.05) is 12.1 Å². The highest BCUT2D eigenvalue weighted by Gasteiger charge is 2.11. The first-order valence-electron chi connectivity index (χ1n) is 11.9. The lowest BCUT2D eigenvalue weighted by Gasteiger charge is -2.07. The number of hydrogen-bond donors (Lipinski definition) is 3. The molecule has 0 saturated heterocycles. The smallest absolute Gasteiger partial charge is 0.291 e. The Kier molecular flexibility index (Phi) is 7.08. The lowest BCUT2D eigenvalue weighted by Crippen LogP contribution is -2.17. The first-order chi connectivity index (χ1) is 19.0. The molecule has 0 bridgehead atoms. The van der Waals surface area contributed by atoms with Crippen molar-refractivity contribution in [2.45, 2.75) is 0 Å². The largest absolute Gasteiger partial charge is 0.399 e. The number of carbonyl (C=O) groups excluding carboxylic acids is 1. The van der Waals surface area contributed by atoms with Gasteiger partial charge in [0.05, 0.1) is 17.2 Å². The molecule has 0 aliphatic heterocycles. The number of para-hydroxylation sites is 2. The Morgan fingerprint density at radius 3 is 2.21 bits per heavy atom. The van der Waals surface area contributed by atoms with Crippen LogP contribution in [0.2, 0.25) is 0 Å². The van der Waals surface area contributed by atoms with Crippen molar-refractivity contribution in [1.82, 2.24) is 24.1 Å². The zero-order valence-corrected chi connectivity index (χ0v) is 20.6. The maximum atomic E-state index is 12.3. The minimum absolute atomic E-state index is 0.0108. The third-order valence-electron chi connectivity index (χ3n) is 5.72. The number of nitrogens with one attached hydrogen (secondary N) is 2. The summed E-state index contributed by atoms with van der Waals surface area (Å²) in [4.78, 5) is 46.0. The number of H-pyrrole nitrogens is 1. The van der Waals surface area contributed by atoms with Crippen LogP contribution < -0.4 is 22.0 Å². The number of nitrogens with zero attached hydrogens (tertiary/aromatic N) is 4. The van der Waals surface area contributed by atoms with E-state index in [9.17, 15) is 14.4 Å². The Balaban J connectivity index is 0.000000186. The first-order valence-corrected chi connectivity index (χ1v) is 11.9. The summed E-state index contributed by atoms with van der Waals surface area (Å²) in [7, 11) is 0. The number of nitrogen functional groups attached to an aromatic ring is 1. The molecule has 0 fully saturated rings. The molecule has 0 atom stereocenters. The molecule has 6 rings (SSSR count). The van der Waals surface area contributed by atoms with E-state index in [4.69, 9.17) is 5.73 Å². The Bertz CT molecular complexity index is 1800. The van der Waals surface area contributed by atoms with E-state index in [2.05, 4.69) is 20.3 Å². The van der Waals surface area contributed by atoms with Crippen LogP contribution >= 0.6 is 0 Å². The number of nitrogens with two attached hydrogens (primary N) is 1. The first kappa shape index (κ1) is 24.9. The second kappa shape index (κ2) is 11.1. The van der Waals surface area contributed by atoms with Gasteiger partial charge in [0.25, 0.3) is 11.5 Å². The van der Waals surface area contributed by atoms with Crippen molar-refractivity contribution in [3.8, 4) is 11.4 Å². The Morgan fingerprint density at radius 2 is 1.51 bits per heavy atom. The van der Waals surface area contributed by atoms with E-state index >= 15 is 0 Å². The van der Waals surface area contributed by atoms with Crippen LogP contribution in [0, 0.1) is 0 Å². The molecule has 0 unspecified atom stereocenters. The minimum Gasteiger partial charge on any atom is -0.399 e. The van der Waals surface area contributed by atoms with E-state index in [1.54, 1.807) is 49.1 Å². The predicted molar refractivity (Wildman–Crippen MR) is 150 cm³/mol.